The predicted molar refractivity (Wildman–Crippen MR) is 112 cm³/mol. The molecule has 0 bridgehead atoms. The van der Waals surface area contributed by atoms with Crippen LogP contribution in [-0.2, 0) is 13.5 Å². The highest BCUT2D eigenvalue weighted by atomic mass is 35.5. The second-order valence-corrected chi connectivity index (χ2v) is 7.58. The first kappa shape index (κ1) is 19.3. The van der Waals surface area contributed by atoms with Gasteiger partial charge in [0.1, 0.15) is 0 Å². The van der Waals surface area contributed by atoms with Crippen molar-refractivity contribution in [1.29, 1.82) is 0 Å². The number of nitrogens with zero attached hydrogens (tertiary/aromatic N) is 6. The number of rotatable bonds is 5. The fraction of sp³-hybridized carbons (Fsp3) is 0.286. The Morgan fingerprint density at radius 2 is 2.00 bits per heavy atom. The number of ketones is 1. The zero-order valence-electron chi connectivity index (χ0n) is 16.3. The summed E-state index contributed by atoms with van der Waals surface area (Å²) in [5.74, 6) is 0.668. The summed E-state index contributed by atoms with van der Waals surface area (Å²) in [5, 5.41) is 13.1. The van der Waals surface area contributed by atoms with E-state index in [0.29, 0.717) is 24.5 Å². The van der Waals surface area contributed by atoms with Crippen molar-refractivity contribution in [1.82, 2.24) is 25.2 Å². The fourth-order valence-corrected chi connectivity index (χ4v) is 3.67. The number of halogens is 1. The van der Waals surface area contributed by atoms with Gasteiger partial charge in [-0.05, 0) is 40.5 Å². The summed E-state index contributed by atoms with van der Waals surface area (Å²) in [4.78, 5) is 20.2. The SMILES string of the molecule is Cc1ccncc1C(=O)Cc1ccc(C2=C(Cl)CCN(c3nnn(C)n3)C2)cc1. The third kappa shape index (κ3) is 4.19. The van der Waals surface area contributed by atoms with Crippen molar-refractivity contribution in [3.63, 3.8) is 0 Å². The molecule has 0 N–H and O–H groups in total. The van der Waals surface area contributed by atoms with Crippen molar-refractivity contribution in [3.05, 3.63) is 70.0 Å². The van der Waals surface area contributed by atoms with Gasteiger partial charge < -0.3 is 4.90 Å². The smallest absolute Gasteiger partial charge is 0.266 e. The third-order valence-corrected chi connectivity index (χ3v) is 5.48. The molecule has 3 aromatic rings. The summed E-state index contributed by atoms with van der Waals surface area (Å²) in [6.45, 7) is 3.30. The standard InChI is InChI=1S/C21H21ClN6O/c1-14-7-9-23-12-17(14)20(29)11-15-3-5-16(6-4-15)18-13-28(10-8-19(18)22)21-24-26-27(2)25-21/h3-7,9,12H,8,10-11,13H2,1-2H3. The van der Waals surface area contributed by atoms with E-state index in [1.807, 2.05) is 37.3 Å². The molecule has 0 amide bonds. The van der Waals surface area contributed by atoms with E-state index in [0.717, 1.165) is 40.3 Å². The molecule has 3 heterocycles. The highest BCUT2D eigenvalue weighted by Crippen LogP contribution is 2.30. The van der Waals surface area contributed by atoms with Crippen molar-refractivity contribution in [2.24, 2.45) is 7.05 Å². The van der Waals surface area contributed by atoms with Gasteiger partial charge in [0.15, 0.2) is 5.78 Å². The van der Waals surface area contributed by atoms with Gasteiger partial charge in [0, 0.05) is 48.9 Å². The average molecular weight is 409 g/mol. The van der Waals surface area contributed by atoms with Gasteiger partial charge in [0.25, 0.3) is 5.95 Å². The van der Waals surface area contributed by atoms with E-state index in [9.17, 15) is 4.79 Å². The Kier molecular flexibility index (Phi) is 5.40. The summed E-state index contributed by atoms with van der Waals surface area (Å²) in [6.07, 6.45) is 4.40. The van der Waals surface area contributed by atoms with Gasteiger partial charge in [0.2, 0.25) is 0 Å². The summed E-state index contributed by atoms with van der Waals surface area (Å²) < 4.78 is 0. The number of Topliss-reactive ketones (excluding diaryl/α,β-unsaturated/α-hetero) is 1. The molecule has 0 spiro atoms. The Morgan fingerprint density at radius 1 is 1.21 bits per heavy atom. The minimum Gasteiger partial charge on any atom is -0.333 e. The Bertz CT molecular complexity index is 1070. The number of aromatic nitrogens is 5. The van der Waals surface area contributed by atoms with E-state index in [4.69, 9.17) is 11.6 Å². The molecular weight excluding hydrogens is 388 g/mol. The van der Waals surface area contributed by atoms with Crippen LogP contribution in [0.2, 0.25) is 0 Å². The molecule has 2 aromatic heterocycles. The molecular formula is C21H21ClN6O. The lowest BCUT2D eigenvalue weighted by Crippen LogP contribution is -2.31. The summed E-state index contributed by atoms with van der Waals surface area (Å²) in [7, 11) is 1.75. The molecule has 0 saturated carbocycles. The average Bonchev–Trinajstić information content (AvgIpc) is 3.16. The van der Waals surface area contributed by atoms with Gasteiger partial charge in [-0.15, -0.1) is 5.10 Å². The first-order chi connectivity index (χ1) is 14.0. The van der Waals surface area contributed by atoms with Gasteiger partial charge in [-0.2, -0.15) is 4.80 Å². The number of benzene rings is 1. The van der Waals surface area contributed by atoms with Crippen molar-refractivity contribution >= 4 is 28.9 Å². The van der Waals surface area contributed by atoms with Crippen molar-refractivity contribution in [3.8, 4) is 0 Å². The van der Waals surface area contributed by atoms with E-state index in [1.54, 1.807) is 19.4 Å². The number of carbonyl (C=O) groups is 1. The molecule has 0 fully saturated rings. The van der Waals surface area contributed by atoms with Crippen LogP contribution in [0.1, 0.15) is 33.5 Å². The number of pyridine rings is 1. The molecule has 0 saturated heterocycles. The zero-order chi connectivity index (χ0) is 20.4. The Balaban J connectivity index is 1.49. The van der Waals surface area contributed by atoms with Gasteiger partial charge in [-0.3, -0.25) is 9.78 Å². The lowest BCUT2D eigenvalue weighted by Gasteiger charge is -2.28. The lowest BCUT2D eigenvalue weighted by molar-refractivity contribution is 0.0992. The predicted octanol–water partition coefficient (Wildman–Crippen LogP) is 3.20. The number of hydrogen-bond acceptors (Lipinski definition) is 6. The second kappa shape index (κ2) is 8.13. The normalized spacial score (nSPS) is 14.4. The van der Waals surface area contributed by atoms with Crippen LogP contribution in [0.15, 0.2) is 47.8 Å². The van der Waals surface area contributed by atoms with E-state index >= 15 is 0 Å². The molecule has 8 heteroatoms. The maximum absolute atomic E-state index is 12.6. The third-order valence-electron chi connectivity index (χ3n) is 5.06. The maximum atomic E-state index is 12.6. The number of aryl methyl sites for hydroxylation is 2. The van der Waals surface area contributed by atoms with E-state index in [1.165, 1.54) is 4.80 Å². The Hall–Kier alpha value is -3.06. The first-order valence-corrected chi connectivity index (χ1v) is 9.78. The number of tetrazole rings is 1. The van der Waals surface area contributed by atoms with Crippen molar-refractivity contribution < 1.29 is 4.79 Å². The van der Waals surface area contributed by atoms with Crippen LogP contribution >= 0.6 is 11.6 Å². The molecule has 0 aliphatic carbocycles. The minimum atomic E-state index is 0.0677. The Labute approximate surface area is 174 Å². The molecule has 1 aliphatic rings. The van der Waals surface area contributed by atoms with E-state index in [2.05, 4.69) is 25.3 Å². The summed E-state index contributed by atoms with van der Waals surface area (Å²) in [6, 6.07) is 9.85. The molecule has 1 aromatic carbocycles. The highest BCUT2D eigenvalue weighted by molar-refractivity contribution is 6.33. The molecule has 0 radical (unpaired) electrons. The quantitative estimate of drug-likeness (QED) is 0.603. The lowest BCUT2D eigenvalue weighted by atomic mass is 9.97. The molecule has 0 atom stereocenters. The van der Waals surface area contributed by atoms with Crippen molar-refractivity contribution in [2.75, 3.05) is 18.0 Å². The van der Waals surface area contributed by atoms with Crippen LogP contribution in [0.25, 0.3) is 5.57 Å². The molecule has 1 aliphatic heterocycles. The molecule has 29 heavy (non-hydrogen) atoms. The highest BCUT2D eigenvalue weighted by Gasteiger charge is 2.22. The van der Waals surface area contributed by atoms with Gasteiger partial charge in [-0.25, -0.2) is 0 Å². The second-order valence-electron chi connectivity index (χ2n) is 7.12. The van der Waals surface area contributed by atoms with Crippen LogP contribution in [0.4, 0.5) is 5.95 Å². The van der Waals surface area contributed by atoms with E-state index < -0.39 is 0 Å². The molecule has 4 rings (SSSR count). The summed E-state index contributed by atoms with van der Waals surface area (Å²) in [5.41, 5.74) is 4.66. The minimum absolute atomic E-state index is 0.0677. The van der Waals surface area contributed by atoms with Crippen LogP contribution in [0.3, 0.4) is 0 Å². The van der Waals surface area contributed by atoms with Crippen LogP contribution in [-0.4, -0.2) is 44.1 Å². The molecule has 0 unspecified atom stereocenters. The number of hydrogen-bond donors (Lipinski definition) is 0. The van der Waals surface area contributed by atoms with Gasteiger partial charge in [-0.1, -0.05) is 41.0 Å². The topological polar surface area (TPSA) is 76.8 Å². The van der Waals surface area contributed by atoms with Crippen LogP contribution in [0, 0.1) is 6.92 Å². The molecule has 148 valence electrons. The van der Waals surface area contributed by atoms with Crippen molar-refractivity contribution in [2.45, 2.75) is 19.8 Å². The first-order valence-electron chi connectivity index (χ1n) is 9.41. The van der Waals surface area contributed by atoms with Crippen LogP contribution in [0.5, 0.6) is 0 Å². The zero-order valence-corrected chi connectivity index (χ0v) is 17.1. The Morgan fingerprint density at radius 3 is 2.69 bits per heavy atom. The monoisotopic (exact) mass is 408 g/mol. The van der Waals surface area contributed by atoms with Gasteiger partial charge >= 0.3 is 0 Å². The van der Waals surface area contributed by atoms with E-state index in [-0.39, 0.29) is 5.78 Å². The number of carbonyl (C=O) groups excluding carboxylic acids is 1. The fourth-order valence-electron chi connectivity index (χ4n) is 3.42. The summed E-state index contributed by atoms with van der Waals surface area (Å²) >= 11 is 6.53. The molecule has 7 nitrogen and oxygen atoms in total. The number of anilines is 1. The van der Waals surface area contributed by atoms with Gasteiger partial charge in [0.05, 0.1) is 7.05 Å². The van der Waals surface area contributed by atoms with Crippen LogP contribution < -0.4 is 4.90 Å². The largest absolute Gasteiger partial charge is 0.333 e. The maximum Gasteiger partial charge on any atom is 0.266 e.